The van der Waals surface area contributed by atoms with E-state index in [9.17, 15) is 4.79 Å². The third kappa shape index (κ3) is 4.13. The van der Waals surface area contributed by atoms with Crippen molar-refractivity contribution in [2.24, 2.45) is 0 Å². The molecule has 0 atom stereocenters. The lowest BCUT2D eigenvalue weighted by Gasteiger charge is -2.22. The smallest absolute Gasteiger partial charge is 0.254 e. The highest BCUT2D eigenvalue weighted by molar-refractivity contribution is 14.1. The Morgan fingerprint density at radius 1 is 1.12 bits per heavy atom. The second-order valence-electron chi connectivity index (χ2n) is 6.18. The molecule has 5 heteroatoms. The summed E-state index contributed by atoms with van der Waals surface area (Å²) in [5.41, 5.74) is 3.08. The topological polar surface area (TPSA) is 36.4 Å². The summed E-state index contributed by atoms with van der Waals surface area (Å²) in [6.45, 7) is 6.40. The van der Waals surface area contributed by atoms with E-state index >= 15 is 0 Å². The molecule has 2 heterocycles. The van der Waals surface area contributed by atoms with E-state index in [1.165, 1.54) is 0 Å². The predicted octanol–water partition coefficient (Wildman–Crippen LogP) is 3.34. The van der Waals surface area contributed by atoms with Crippen LogP contribution in [0.25, 0.3) is 0 Å². The summed E-state index contributed by atoms with van der Waals surface area (Å²) in [6, 6.07) is 12.0. The van der Waals surface area contributed by atoms with Crippen LogP contribution in [0.1, 0.15) is 28.0 Å². The number of amides is 1. The molecule has 0 radical (unpaired) electrons. The van der Waals surface area contributed by atoms with Gasteiger partial charge in [0.1, 0.15) is 0 Å². The zero-order chi connectivity index (χ0) is 16.9. The van der Waals surface area contributed by atoms with E-state index in [4.69, 9.17) is 0 Å². The molecule has 1 aromatic heterocycles. The molecule has 0 spiro atoms. The molecular formula is C19H22IN3O. The zero-order valence-corrected chi connectivity index (χ0v) is 16.1. The predicted molar refractivity (Wildman–Crippen MR) is 104 cm³/mol. The molecule has 1 aliphatic heterocycles. The van der Waals surface area contributed by atoms with E-state index in [1.54, 1.807) is 0 Å². The highest BCUT2D eigenvalue weighted by Crippen LogP contribution is 2.19. The fourth-order valence-electron chi connectivity index (χ4n) is 3.04. The first-order valence-corrected chi connectivity index (χ1v) is 9.39. The number of hydrogen-bond donors (Lipinski definition) is 0. The first-order valence-electron chi connectivity index (χ1n) is 8.32. The Labute approximate surface area is 157 Å². The monoisotopic (exact) mass is 435 g/mol. The first-order chi connectivity index (χ1) is 11.6. The summed E-state index contributed by atoms with van der Waals surface area (Å²) < 4.78 is 1.06. The fraction of sp³-hybridized carbons (Fsp3) is 0.368. The number of pyridine rings is 1. The van der Waals surface area contributed by atoms with Gasteiger partial charge in [0.15, 0.2) is 0 Å². The summed E-state index contributed by atoms with van der Waals surface area (Å²) in [6.07, 6.45) is 2.84. The molecule has 1 saturated heterocycles. The number of hydrogen-bond acceptors (Lipinski definition) is 3. The van der Waals surface area contributed by atoms with Crippen molar-refractivity contribution in [3.8, 4) is 0 Å². The van der Waals surface area contributed by atoms with E-state index in [0.29, 0.717) is 0 Å². The molecule has 126 valence electrons. The molecule has 1 fully saturated rings. The van der Waals surface area contributed by atoms with Gasteiger partial charge in [0.25, 0.3) is 5.91 Å². The Hall–Kier alpha value is -1.47. The third-order valence-corrected chi connectivity index (χ3v) is 5.84. The van der Waals surface area contributed by atoms with Crippen molar-refractivity contribution < 1.29 is 4.79 Å². The lowest BCUT2D eigenvalue weighted by atomic mass is 10.1. The second-order valence-corrected chi connectivity index (χ2v) is 7.26. The number of rotatable bonds is 3. The van der Waals surface area contributed by atoms with E-state index in [2.05, 4.69) is 51.5 Å². The Bertz CT molecular complexity index is 705. The Morgan fingerprint density at radius 3 is 2.79 bits per heavy atom. The largest absolute Gasteiger partial charge is 0.337 e. The minimum absolute atomic E-state index is 0.155. The van der Waals surface area contributed by atoms with Crippen molar-refractivity contribution in [1.29, 1.82) is 0 Å². The van der Waals surface area contributed by atoms with Crippen molar-refractivity contribution in [2.75, 3.05) is 26.2 Å². The van der Waals surface area contributed by atoms with Crippen LogP contribution in [0.15, 0.2) is 42.6 Å². The average Bonchev–Trinajstić information content (AvgIpc) is 2.83. The number of halogens is 1. The SMILES string of the molecule is Cc1cccc(C(=O)N2CCCN(Cc3ccccn3)CC2)c1I. The molecule has 24 heavy (non-hydrogen) atoms. The summed E-state index contributed by atoms with van der Waals surface area (Å²) in [5, 5.41) is 0. The van der Waals surface area contributed by atoms with Gasteiger partial charge in [0.2, 0.25) is 0 Å². The first kappa shape index (κ1) is 17.4. The van der Waals surface area contributed by atoms with Gasteiger partial charge >= 0.3 is 0 Å². The summed E-state index contributed by atoms with van der Waals surface area (Å²) in [7, 11) is 0. The lowest BCUT2D eigenvalue weighted by Crippen LogP contribution is -2.35. The summed E-state index contributed by atoms with van der Waals surface area (Å²) in [4.78, 5) is 21.7. The van der Waals surface area contributed by atoms with Gasteiger partial charge in [-0.25, -0.2) is 0 Å². The number of nitrogens with zero attached hydrogens (tertiary/aromatic N) is 3. The van der Waals surface area contributed by atoms with Crippen LogP contribution >= 0.6 is 22.6 Å². The number of aromatic nitrogens is 1. The summed E-state index contributed by atoms with van der Waals surface area (Å²) in [5.74, 6) is 0.155. The van der Waals surface area contributed by atoms with Crippen LogP contribution in [0, 0.1) is 10.5 Å². The molecule has 0 aliphatic carbocycles. The van der Waals surface area contributed by atoms with Gasteiger partial charge in [-0.2, -0.15) is 0 Å². The van der Waals surface area contributed by atoms with Crippen LogP contribution in [0.3, 0.4) is 0 Å². The van der Waals surface area contributed by atoms with E-state index in [0.717, 1.165) is 59.5 Å². The molecule has 3 rings (SSSR count). The van der Waals surface area contributed by atoms with Crippen LogP contribution < -0.4 is 0 Å². The minimum Gasteiger partial charge on any atom is -0.337 e. The maximum atomic E-state index is 12.9. The Kier molecular flexibility index (Phi) is 5.84. The van der Waals surface area contributed by atoms with Crippen LogP contribution in [-0.2, 0) is 6.54 Å². The number of carbonyl (C=O) groups is 1. The van der Waals surface area contributed by atoms with E-state index in [1.807, 2.05) is 35.4 Å². The molecular weight excluding hydrogens is 413 g/mol. The van der Waals surface area contributed by atoms with E-state index in [-0.39, 0.29) is 5.91 Å². The van der Waals surface area contributed by atoms with Crippen molar-refractivity contribution in [2.45, 2.75) is 19.9 Å². The standard InChI is InChI=1S/C19H22IN3O/c1-15-6-4-8-17(18(15)20)19(24)23-11-5-10-22(12-13-23)14-16-7-2-3-9-21-16/h2-4,6-9H,5,10-14H2,1H3. The Morgan fingerprint density at radius 2 is 2.00 bits per heavy atom. The molecule has 0 saturated carbocycles. The number of benzene rings is 1. The van der Waals surface area contributed by atoms with Crippen LogP contribution in [0.2, 0.25) is 0 Å². The van der Waals surface area contributed by atoms with Gasteiger partial charge in [0, 0.05) is 42.5 Å². The quantitative estimate of drug-likeness (QED) is 0.695. The molecule has 4 nitrogen and oxygen atoms in total. The number of aryl methyl sites for hydroxylation is 1. The van der Waals surface area contributed by atoms with Crippen molar-refractivity contribution in [1.82, 2.24) is 14.8 Å². The fourth-order valence-corrected chi connectivity index (χ4v) is 3.63. The van der Waals surface area contributed by atoms with Gasteiger partial charge in [-0.15, -0.1) is 0 Å². The third-order valence-electron chi connectivity index (χ3n) is 4.41. The van der Waals surface area contributed by atoms with Gasteiger partial charge in [-0.3, -0.25) is 14.7 Å². The van der Waals surface area contributed by atoms with Gasteiger partial charge in [-0.1, -0.05) is 18.2 Å². The Balaban J connectivity index is 1.65. The van der Waals surface area contributed by atoms with Crippen LogP contribution in [-0.4, -0.2) is 46.9 Å². The van der Waals surface area contributed by atoms with Gasteiger partial charge < -0.3 is 4.90 Å². The molecule has 0 bridgehead atoms. The minimum atomic E-state index is 0.155. The molecule has 1 amide bonds. The maximum absolute atomic E-state index is 12.9. The molecule has 0 unspecified atom stereocenters. The van der Waals surface area contributed by atoms with Crippen molar-refractivity contribution in [3.05, 3.63) is 63.0 Å². The molecule has 0 N–H and O–H groups in total. The summed E-state index contributed by atoms with van der Waals surface area (Å²) >= 11 is 2.28. The van der Waals surface area contributed by atoms with E-state index < -0.39 is 0 Å². The second kappa shape index (κ2) is 8.07. The average molecular weight is 435 g/mol. The number of carbonyl (C=O) groups excluding carboxylic acids is 1. The van der Waals surface area contributed by atoms with Crippen molar-refractivity contribution in [3.63, 3.8) is 0 Å². The van der Waals surface area contributed by atoms with Gasteiger partial charge in [-0.05, 0) is 59.7 Å². The van der Waals surface area contributed by atoms with Gasteiger partial charge in [0.05, 0.1) is 11.3 Å². The zero-order valence-electron chi connectivity index (χ0n) is 13.9. The van der Waals surface area contributed by atoms with Crippen LogP contribution in [0.5, 0.6) is 0 Å². The normalized spacial score (nSPS) is 16.0. The highest BCUT2D eigenvalue weighted by atomic mass is 127. The maximum Gasteiger partial charge on any atom is 0.254 e. The lowest BCUT2D eigenvalue weighted by molar-refractivity contribution is 0.0760. The molecule has 1 aliphatic rings. The highest BCUT2D eigenvalue weighted by Gasteiger charge is 2.22. The van der Waals surface area contributed by atoms with Crippen molar-refractivity contribution >= 4 is 28.5 Å². The molecule has 2 aromatic rings. The molecule has 1 aromatic carbocycles. The van der Waals surface area contributed by atoms with Crippen LogP contribution in [0.4, 0.5) is 0 Å².